The summed E-state index contributed by atoms with van der Waals surface area (Å²) in [6.45, 7) is 4.21. The summed E-state index contributed by atoms with van der Waals surface area (Å²) in [5.74, 6) is 0.317. The molecule has 0 aliphatic heterocycles. The van der Waals surface area contributed by atoms with E-state index in [1.54, 1.807) is 0 Å². The van der Waals surface area contributed by atoms with Gasteiger partial charge in [0.15, 0.2) is 0 Å². The molecule has 0 radical (unpaired) electrons. The van der Waals surface area contributed by atoms with E-state index in [0.29, 0.717) is 5.92 Å². The maximum atomic E-state index is 5.99. The SMILES string of the molecule is CC(C)c1nc(-c2ccc3c(cnn3C)c2)ccc1N. The van der Waals surface area contributed by atoms with Gasteiger partial charge in [0.2, 0.25) is 0 Å². The van der Waals surface area contributed by atoms with Crippen LogP contribution in [0.25, 0.3) is 22.2 Å². The summed E-state index contributed by atoms with van der Waals surface area (Å²) in [5, 5.41) is 5.39. The van der Waals surface area contributed by atoms with Crippen LogP contribution < -0.4 is 5.73 Å². The number of nitrogens with two attached hydrogens (primary N) is 1. The van der Waals surface area contributed by atoms with Crippen LogP contribution in [0.3, 0.4) is 0 Å². The molecule has 0 aliphatic rings. The van der Waals surface area contributed by atoms with Gasteiger partial charge < -0.3 is 5.73 Å². The van der Waals surface area contributed by atoms with Crippen LogP contribution in [0.15, 0.2) is 36.5 Å². The highest BCUT2D eigenvalue weighted by molar-refractivity contribution is 5.84. The fraction of sp³-hybridized carbons (Fsp3) is 0.250. The molecule has 2 heterocycles. The van der Waals surface area contributed by atoms with Gasteiger partial charge in [-0.15, -0.1) is 0 Å². The third kappa shape index (κ3) is 2.03. The molecule has 2 N–H and O–H groups in total. The number of rotatable bonds is 2. The highest BCUT2D eigenvalue weighted by Gasteiger charge is 2.09. The first-order chi connectivity index (χ1) is 9.56. The molecule has 0 fully saturated rings. The van der Waals surface area contributed by atoms with Crippen LogP contribution in [0, 0.1) is 0 Å². The molecule has 0 atom stereocenters. The maximum Gasteiger partial charge on any atom is 0.0707 e. The van der Waals surface area contributed by atoms with E-state index in [0.717, 1.165) is 33.5 Å². The van der Waals surface area contributed by atoms with Crippen molar-refractivity contribution in [3.63, 3.8) is 0 Å². The third-order valence-corrected chi connectivity index (χ3v) is 3.55. The number of anilines is 1. The van der Waals surface area contributed by atoms with Gasteiger partial charge in [0.25, 0.3) is 0 Å². The molecule has 0 amide bonds. The van der Waals surface area contributed by atoms with E-state index in [2.05, 4.69) is 37.1 Å². The van der Waals surface area contributed by atoms with Crippen molar-refractivity contribution < 1.29 is 0 Å². The summed E-state index contributed by atoms with van der Waals surface area (Å²) in [6.07, 6.45) is 1.87. The van der Waals surface area contributed by atoms with E-state index in [-0.39, 0.29) is 0 Å². The van der Waals surface area contributed by atoms with Gasteiger partial charge >= 0.3 is 0 Å². The molecule has 0 saturated heterocycles. The minimum absolute atomic E-state index is 0.317. The molecule has 102 valence electrons. The minimum Gasteiger partial charge on any atom is -0.397 e. The Morgan fingerprint density at radius 3 is 2.70 bits per heavy atom. The van der Waals surface area contributed by atoms with Gasteiger partial charge in [-0.05, 0) is 30.2 Å². The molecule has 0 bridgehead atoms. The molecule has 20 heavy (non-hydrogen) atoms. The average molecular weight is 266 g/mol. The number of nitrogen functional groups attached to an aromatic ring is 1. The van der Waals surface area contributed by atoms with Crippen LogP contribution in [-0.2, 0) is 7.05 Å². The first-order valence-electron chi connectivity index (χ1n) is 6.75. The lowest BCUT2D eigenvalue weighted by Crippen LogP contribution is -2.01. The molecule has 3 rings (SSSR count). The Balaban J connectivity index is 2.12. The Kier molecular flexibility index (Phi) is 2.93. The molecule has 0 saturated carbocycles. The Bertz CT molecular complexity index is 771. The summed E-state index contributed by atoms with van der Waals surface area (Å²) in [7, 11) is 1.94. The summed E-state index contributed by atoms with van der Waals surface area (Å²) in [5.41, 5.74) is 10.9. The van der Waals surface area contributed by atoms with Crippen LogP contribution in [0.4, 0.5) is 5.69 Å². The van der Waals surface area contributed by atoms with Crippen LogP contribution >= 0.6 is 0 Å². The van der Waals surface area contributed by atoms with Crippen molar-refractivity contribution in [3.05, 3.63) is 42.2 Å². The second-order valence-corrected chi connectivity index (χ2v) is 5.37. The van der Waals surface area contributed by atoms with Crippen molar-refractivity contribution in [1.29, 1.82) is 0 Å². The van der Waals surface area contributed by atoms with Gasteiger partial charge in [-0.3, -0.25) is 9.67 Å². The third-order valence-electron chi connectivity index (χ3n) is 3.55. The lowest BCUT2D eigenvalue weighted by atomic mass is 10.0. The van der Waals surface area contributed by atoms with Crippen LogP contribution in [0.5, 0.6) is 0 Å². The average Bonchev–Trinajstić information content (AvgIpc) is 2.80. The van der Waals surface area contributed by atoms with Crippen molar-refractivity contribution in [2.45, 2.75) is 19.8 Å². The maximum absolute atomic E-state index is 5.99. The van der Waals surface area contributed by atoms with Gasteiger partial charge in [0.1, 0.15) is 0 Å². The number of pyridine rings is 1. The zero-order chi connectivity index (χ0) is 14.3. The number of benzene rings is 1. The van der Waals surface area contributed by atoms with E-state index in [1.807, 2.05) is 30.1 Å². The van der Waals surface area contributed by atoms with Gasteiger partial charge in [-0.25, -0.2) is 0 Å². The molecular formula is C16H18N4. The first-order valence-corrected chi connectivity index (χ1v) is 6.75. The number of aromatic nitrogens is 3. The van der Waals surface area contributed by atoms with Crippen molar-refractivity contribution in [2.24, 2.45) is 7.05 Å². The number of fused-ring (bicyclic) bond motifs is 1. The fourth-order valence-corrected chi connectivity index (χ4v) is 2.43. The molecule has 2 aromatic heterocycles. The predicted molar refractivity (Wildman–Crippen MR) is 82.4 cm³/mol. The van der Waals surface area contributed by atoms with Crippen molar-refractivity contribution in [1.82, 2.24) is 14.8 Å². The quantitative estimate of drug-likeness (QED) is 0.774. The molecule has 0 aliphatic carbocycles. The van der Waals surface area contributed by atoms with Crippen LogP contribution in [0.1, 0.15) is 25.5 Å². The van der Waals surface area contributed by atoms with Crippen LogP contribution in [0.2, 0.25) is 0 Å². The Hall–Kier alpha value is -2.36. The zero-order valence-corrected chi connectivity index (χ0v) is 12.0. The topological polar surface area (TPSA) is 56.7 Å². The highest BCUT2D eigenvalue weighted by atomic mass is 15.2. The fourth-order valence-electron chi connectivity index (χ4n) is 2.43. The number of hydrogen-bond acceptors (Lipinski definition) is 3. The van der Waals surface area contributed by atoms with E-state index >= 15 is 0 Å². The Morgan fingerprint density at radius 2 is 1.95 bits per heavy atom. The van der Waals surface area contributed by atoms with E-state index in [4.69, 9.17) is 10.7 Å². The molecular weight excluding hydrogens is 248 g/mol. The highest BCUT2D eigenvalue weighted by Crippen LogP contribution is 2.27. The zero-order valence-electron chi connectivity index (χ0n) is 12.0. The van der Waals surface area contributed by atoms with Gasteiger partial charge in [0, 0.05) is 18.0 Å². The lowest BCUT2D eigenvalue weighted by molar-refractivity contribution is 0.797. The molecule has 4 nitrogen and oxygen atoms in total. The number of hydrogen-bond donors (Lipinski definition) is 1. The van der Waals surface area contributed by atoms with Crippen molar-refractivity contribution in [2.75, 3.05) is 5.73 Å². The summed E-state index contributed by atoms with van der Waals surface area (Å²) in [4.78, 5) is 4.70. The Labute approximate surface area is 118 Å². The number of nitrogens with zero attached hydrogens (tertiary/aromatic N) is 3. The van der Waals surface area contributed by atoms with Gasteiger partial charge in [0.05, 0.1) is 28.8 Å². The molecule has 4 heteroatoms. The second-order valence-electron chi connectivity index (χ2n) is 5.37. The standard InChI is InChI=1S/C16H18N4/c1-10(2)16-13(17)5-6-14(19-16)11-4-7-15-12(8-11)9-18-20(15)3/h4-10H,17H2,1-3H3. The summed E-state index contributed by atoms with van der Waals surface area (Å²) in [6, 6.07) is 10.2. The summed E-state index contributed by atoms with van der Waals surface area (Å²) >= 11 is 0. The Morgan fingerprint density at radius 1 is 1.15 bits per heavy atom. The minimum atomic E-state index is 0.317. The molecule has 0 spiro atoms. The second kappa shape index (κ2) is 4.63. The van der Waals surface area contributed by atoms with E-state index in [9.17, 15) is 0 Å². The first kappa shape index (κ1) is 12.7. The van der Waals surface area contributed by atoms with E-state index < -0.39 is 0 Å². The van der Waals surface area contributed by atoms with Gasteiger partial charge in [-0.1, -0.05) is 19.9 Å². The number of aryl methyl sites for hydroxylation is 1. The molecule has 1 aromatic carbocycles. The summed E-state index contributed by atoms with van der Waals surface area (Å²) < 4.78 is 1.87. The lowest BCUT2D eigenvalue weighted by Gasteiger charge is -2.10. The largest absolute Gasteiger partial charge is 0.397 e. The van der Waals surface area contributed by atoms with E-state index in [1.165, 1.54) is 0 Å². The molecule has 3 aromatic rings. The van der Waals surface area contributed by atoms with Crippen molar-refractivity contribution >= 4 is 16.6 Å². The smallest absolute Gasteiger partial charge is 0.0707 e. The van der Waals surface area contributed by atoms with Gasteiger partial charge in [-0.2, -0.15) is 5.10 Å². The predicted octanol–water partition coefficient (Wildman–Crippen LogP) is 3.34. The van der Waals surface area contributed by atoms with Crippen LogP contribution in [-0.4, -0.2) is 14.8 Å². The normalized spacial score (nSPS) is 11.4. The molecule has 0 unspecified atom stereocenters. The van der Waals surface area contributed by atoms with Crippen molar-refractivity contribution in [3.8, 4) is 11.3 Å². The monoisotopic (exact) mass is 266 g/mol.